The molecule has 22 heavy (non-hydrogen) atoms. The van der Waals surface area contributed by atoms with Crippen LogP contribution in [-0.4, -0.2) is 56.9 Å². The molecule has 3 N–H and O–H groups in total. The van der Waals surface area contributed by atoms with E-state index in [-0.39, 0.29) is 24.5 Å². The number of nitrogens with two attached hydrogens (primary N) is 1. The Bertz CT molecular complexity index is 601. The van der Waals surface area contributed by atoms with E-state index in [1.54, 1.807) is 6.92 Å². The fourth-order valence-corrected chi connectivity index (χ4v) is 3.92. The Balaban J connectivity index is 2.34. The molecule has 9 heteroatoms. The second kappa shape index (κ2) is 5.73. The van der Waals surface area contributed by atoms with Gasteiger partial charge in [0.15, 0.2) is 11.3 Å². The van der Waals surface area contributed by atoms with Crippen LogP contribution in [0.5, 0.6) is 0 Å². The normalized spacial score (nSPS) is 27.1. The van der Waals surface area contributed by atoms with Crippen LogP contribution in [0.25, 0.3) is 0 Å². The maximum Gasteiger partial charge on any atom is 0.352 e. The Morgan fingerprint density at radius 3 is 2.64 bits per heavy atom. The van der Waals surface area contributed by atoms with Crippen LogP contribution < -0.4 is 5.73 Å². The summed E-state index contributed by atoms with van der Waals surface area (Å²) in [7, 11) is 0. The number of ether oxygens (including phenoxy) is 1. The summed E-state index contributed by atoms with van der Waals surface area (Å²) in [5, 5.41) is 8.62. The van der Waals surface area contributed by atoms with Gasteiger partial charge in [0.05, 0.1) is 0 Å². The summed E-state index contributed by atoms with van der Waals surface area (Å²) in [5.41, 5.74) is 4.31. The maximum absolute atomic E-state index is 12.3. The summed E-state index contributed by atoms with van der Waals surface area (Å²) in [4.78, 5) is 47.6. The van der Waals surface area contributed by atoms with Crippen molar-refractivity contribution in [2.45, 2.75) is 31.2 Å². The molecule has 2 aliphatic heterocycles. The molecule has 2 aliphatic rings. The Morgan fingerprint density at radius 1 is 1.50 bits per heavy atom. The lowest BCUT2D eigenvalue weighted by Gasteiger charge is -2.54. The van der Waals surface area contributed by atoms with E-state index in [1.807, 2.05) is 0 Å². The topological polar surface area (TPSA) is 127 Å². The van der Waals surface area contributed by atoms with Crippen LogP contribution in [0.15, 0.2) is 11.3 Å². The highest BCUT2D eigenvalue weighted by Gasteiger charge is 2.65. The van der Waals surface area contributed by atoms with Crippen molar-refractivity contribution in [2.24, 2.45) is 5.73 Å². The highest BCUT2D eigenvalue weighted by Crippen LogP contribution is 2.45. The van der Waals surface area contributed by atoms with Crippen molar-refractivity contribution in [3.63, 3.8) is 0 Å². The number of nitrogens with zero attached hydrogens (tertiary/aromatic N) is 1. The van der Waals surface area contributed by atoms with E-state index in [0.29, 0.717) is 5.57 Å². The fraction of sp³-hybridized carbons (Fsp3) is 0.538. The van der Waals surface area contributed by atoms with Gasteiger partial charge in [-0.1, -0.05) is 6.92 Å². The number of thioether (sulfide) groups is 1. The van der Waals surface area contributed by atoms with E-state index < -0.39 is 34.5 Å². The summed E-state index contributed by atoms with van der Waals surface area (Å²) in [6.07, 6.45) is 0.0968. The molecule has 0 aromatic rings. The van der Waals surface area contributed by atoms with Crippen molar-refractivity contribution in [3.05, 3.63) is 11.3 Å². The number of carbonyl (C=O) groups excluding carboxylic acids is 3. The van der Waals surface area contributed by atoms with Crippen molar-refractivity contribution >= 4 is 35.4 Å². The van der Waals surface area contributed by atoms with Crippen LogP contribution in [0.1, 0.15) is 20.3 Å². The van der Waals surface area contributed by atoms with E-state index in [0.717, 1.165) is 4.90 Å². The van der Waals surface area contributed by atoms with E-state index in [1.165, 1.54) is 18.7 Å². The number of carboxylic acids is 1. The molecule has 0 aromatic carbocycles. The zero-order valence-electron chi connectivity index (χ0n) is 12.1. The zero-order valence-corrected chi connectivity index (χ0v) is 12.9. The first-order valence-electron chi connectivity index (χ1n) is 6.61. The largest absolute Gasteiger partial charge is 0.477 e. The molecule has 1 amide bonds. The molecule has 2 rings (SSSR count). The van der Waals surface area contributed by atoms with E-state index in [9.17, 15) is 24.3 Å². The molecule has 0 saturated carbocycles. The van der Waals surface area contributed by atoms with Crippen LogP contribution in [0.2, 0.25) is 0 Å². The number of ketones is 1. The van der Waals surface area contributed by atoms with Gasteiger partial charge in [0.25, 0.3) is 5.91 Å². The molecule has 2 atom stereocenters. The molecular formula is C13H16N2O6S. The second-order valence-electron chi connectivity index (χ2n) is 5.02. The third-order valence-corrected chi connectivity index (χ3v) is 5.04. The number of aliphatic carboxylic acids is 1. The fourth-order valence-electron chi connectivity index (χ4n) is 2.49. The highest BCUT2D eigenvalue weighted by molar-refractivity contribution is 8.00. The van der Waals surface area contributed by atoms with Crippen LogP contribution in [0.3, 0.4) is 0 Å². The number of fused-ring (bicyclic) bond motifs is 1. The lowest BCUT2D eigenvalue weighted by atomic mass is 9.82. The molecule has 1 unspecified atom stereocenters. The van der Waals surface area contributed by atoms with Crippen molar-refractivity contribution < 1.29 is 29.0 Å². The number of Topliss-reactive ketones (excluding diaryl/α,β-unsaturated/α-hetero) is 1. The number of amides is 1. The molecule has 1 saturated heterocycles. The monoisotopic (exact) mass is 328 g/mol. The number of carboxylic acid groups (broad SMARTS) is 1. The first-order chi connectivity index (χ1) is 10.2. The number of rotatable bonds is 5. The second-order valence-corrected chi connectivity index (χ2v) is 6.09. The smallest absolute Gasteiger partial charge is 0.352 e. The van der Waals surface area contributed by atoms with Gasteiger partial charge in [-0.05, 0) is 0 Å². The van der Waals surface area contributed by atoms with E-state index >= 15 is 0 Å². The number of hydrogen-bond acceptors (Lipinski definition) is 7. The van der Waals surface area contributed by atoms with Crippen molar-refractivity contribution in [2.75, 3.05) is 12.4 Å². The molecule has 0 radical (unpaired) electrons. The maximum atomic E-state index is 12.3. The van der Waals surface area contributed by atoms with Crippen molar-refractivity contribution in [3.8, 4) is 0 Å². The molecule has 0 bridgehead atoms. The predicted octanol–water partition coefficient (Wildman–Crippen LogP) is -0.520. The van der Waals surface area contributed by atoms with Gasteiger partial charge in [-0.15, -0.1) is 11.8 Å². The zero-order chi connectivity index (χ0) is 16.7. The van der Waals surface area contributed by atoms with Gasteiger partial charge in [-0.2, -0.15) is 0 Å². The van der Waals surface area contributed by atoms with E-state index in [2.05, 4.69) is 0 Å². The summed E-state index contributed by atoms with van der Waals surface area (Å²) >= 11 is 1.20. The summed E-state index contributed by atoms with van der Waals surface area (Å²) in [5.74, 6) is -2.78. The van der Waals surface area contributed by atoms with Crippen LogP contribution >= 0.6 is 11.8 Å². The van der Waals surface area contributed by atoms with Gasteiger partial charge < -0.3 is 15.6 Å². The van der Waals surface area contributed by atoms with Gasteiger partial charge in [0, 0.05) is 24.7 Å². The number of carbonyl (C=O) groups is 4. The van der Waals surface area contributed by atoms with Gasteiger partial charge in [0.1, 0.15) is 17.7 Å². The molecule has 0 aliphatic carbocycles. The number of esters is 1. The number of β-lactam (4-membered cyclic amide) rings is 1. The first kappa shape index (κ1) is 16.5. The van der Waals surface area contributed by atoms with Gasteiger partial charge in [-0.3, -0.25) is 19.3 Å². The first-order valence-corrected chi connectivity index (χ1v) is 7.66. The molecule has 8 nitrogen and oxygen atoms in total. The predicted molar refractivity (Wildman–Crippen MR) is 76.6 cm³/mol. The summed E-state index contributed by atoms with van der Waals surface area (Å²) in [6, 6.07) is 0. The average molecular weight is 328 g/mol. The van der Waals surface area contributed by atoms with E-state index in [4.69, 9.17) is 10.5 Å². The Morgan fingerprint density at radius 2 is 2.14 bits per heavy atom. The summed E-state index contributed by atoms with van der Waals surface area (Å²) in [6.45, 7) is 2.60. The minimum atomic E-state index is -1.67. The molecule has 0 spiro atoms. The molecule has 2 heterocycles. The van der Waals surface area contributed by atoms with Crippen LogP contribution in [-0.2, 0) is 23.9 Å². The number of hydrogen-bond donors (Lipinski definition) is 2. The Kier molecular flexibility index (Phi) is 4.30. The molecule has 120 valence electrons. The summed E-state index contributed by atoms with van der Waals surface area (Å²) < 4.78 is 4.82. The third kappa shape index (κ3) is 2.30. The molecular weight excluding hydrogens is 312 g/mol. The standard InChI is InChI=1S/C13H16N2O6S/c1-3-8(17)13(14)11(20)15-9(10(18)19)7(4-21-6(2)16)5-22-12(13)15/h12H,3-5,14H2,1-2H3,(H,18,19)/t12-,13?/m1/s1. The van der Waals surface area contributed by atoms with Crippen LogP contribution in [0.4, 0.5) is 0 Å². The molecule has 0 aromatic heterocycles. The minimum absolute atomic E-state index is 0.0968. The van der Waals surface area contributed by atoms with Crippen molar-refractivity contribution in [1.82, 2.24) is 4.90 Å². The van der Waals surface area contributed by atoms with Gasteiger partial charge in [0.2, 0.25) is 0 Å². The Hall–Kier alpha value is -1.87. The highest BCUT2D eigenvalue weighted by atomic mass is 32.2. The average Bonchev–Trinajstić information content (AvgIpc) is 2.49. The quantitative estimate of drug-likeness (QED) is 0.392. The molecule has 1 fully saturated rings. The SMILES string of the molecule is CCC(=O)C1(N)C(=O)N2C(C(=O)O)=C(COC(C)=O)CS[C@@H]21. The minimum Gasteiger partial charge on any atom is -0.477 e. The van der Waals surface area contributed by atoms with Gasteiger partial charge >= 0.3 is 11.9 Å². The van der Waals surface area contributed by atoms with Gasteiger partial charge in [-0.25, -0.2) is 4.79 Å². The lowest BCUT2D eigenvalue weighted by Crippen LogP contribution is -2.81. The van der Waals surface area contributed by atoms with Crippen LogP contribution in [0, 0.1) is 0 Å². The lowest BCUT2D eigenvalue weighted by molar-refractivity contribution is -0.159. The third-order valence-electron chi connectivity index (χ3n) is 3.62. The Labute approximate surface area is 130 Å². The van der Waals surface area contributed by atoms with Crippen molar-refractivity contribution in [1.29, 1.82) is 0 Å².